The van der Waals surface area contributed by atoms with Crippen LogP contribution in [-0.4, -0.2) is 51.5 Å². The van der Waals surface area contributed by atoms with Gasteiger partial charge in [-0.2, -0.15) is 0 Å². The molecule has 1 aromatic heterocycles. The Kier molecular flexibility index (Phi) is 6.18. The summed E-state index contributed by atoms with van der Waals surface area (Å²) in [6, 6.07) is 13.4. The number of hydrogen-bond acceptors (Lipinski definition) is 6. The fourth-order valence-corrected chi connectivity index (χ4v) is 5.53. The zero-order chi connectivity index (χ0) is 24.8. The molecule has 0 aliphatic carbocycles. The van der Waals surface area contributed by atoms with Crippen LogP contribution in [0.15, 0.2) is 48.7 Å². The summed E-state index contributed by atoms with van der Waals surface area (Å²) >= 11 is 0. The lowest BCUT2D eigenvalue weighted by molar-refractivity contribution is -0.0918. The van der Waals surface area contributed by atoms with Crippen LogP contribution in [0.5, 0.6) is 0 Å². The van der Waals surface area contributed by atoms with Crippen molar-refractivity contribution in [1.82, 2.24) is 9.88 Å². The molecule has 0 spiro atoms. The van der Waals surface area contributed by atoms with Crippen LogP contribution in [0.3, 0.4) is 0 Å². The van der Waals surface area contributed by atoms with Crippen molar-refractivity contribution in [2.24, 2.45) is 0 Å². The summed E-state index contributed by atoms with van der Waals surface area (Å²) in [6.45, 7) is 8.34. The summed E-state index contributed by atoms with van der Waals surface area (Å²) in [7, 11) is -0.489. The normalized spacial score (nSPS) is 29.2. The van der Waals surface area contributed by atoms with Crippen LogP contribution in [0, 0.1) is 0 Å². The van der Waals surface area contributed by atoms with E-state index in [1.165, 1.54) is 0 Å². The molecule has 1 amide bonds. The van der Waals surface area contributed by atoms with Crippen LogP contribution in [0.1, 0.15) is 71.1 Å². The van der Waals surface area contributed by atoms with Gasteiger partial charge in [0.05, 0.1) is 16.9 Å². The average molecular weight is 478 g/mol. The zero-order valence-electron chi connectivity index (χ0n) is 21.1. The Bertz CT molecular complexity index is 1030. The van der Waals surface area contributed by atoms with Crippen LogP contribution in [0.2, 0.25) is 0 Å². The highest BCUT2D eigenvalue weighted by Gasteiger charge is 2.52. The number of rotatable bonds is 4. The minimum Gasteiger partial charge on any atom is -0.445 e. The molecule has 3 saturated heterocycles. The molecule has 3 aliphatic rings. The molecule has 186 valence electrons. The van der Waals surface area contributed by atoms with Crippen LogP contribution in [-0.2, 0) is 26.3 Å². The lowest BCUT2D eigenvalue weighted by Crippen LogP contribution is -2.59. The lowest BCUT2D eigenvalue weighted by Gasteiger charge is -2.51. The van der Waals surface area contributed by atoms with Gasteiger partial charge in [-0.3, -0.25) is 4.98 Å². The van der Waals surface area contributed by atoms with E-state index in [0.29, 0.717) is 18.5 Å². The third-order valence-corrected chi connectivity index (χ3v) is 8.21. The number of benzene rings is 1. The van der Waals surface area contributed by atoms with Crippen LogP contribution in [0.4, 0.5) is 4.79 Å². The minimum atomic E-state index is -1.08. The highest BCUT2D eigenvalue weighted by molar-refractivity contribution is 6.62. The van der Waals surface area contributed by atoms with Crippen molar-refractivity contribution >= 4 is 18.7 Å². The molecule has 8 heteroatoms. The second-order valence-corrected chi connectivity index (χ2v) is 11.2. The Hall–Kier alpha value is -2.42. The molecule has 4 heterocycles. The Morgan fingerprint density at radius 1 is 1.06 bits per heavy atom. The van der Waals surface area contributed by atoms with Crippen molar-refractivity contribution in [2.75, 3.05) is 0 Å². The number of carbonyl (C=O) groups excluding carboxylic acids is 1. The largest absolute Gasteiger partial charge is 0.496 e. The SMILES string of the molecule is CC1(C)OB(c2ccc(C3(O)CC4CCCC(C3)N4C(=O)OCc3ccccc3)nc2)OC1(C)C. The number of ether oxygens (including phenoxy) is 1. The maximum absolute atomic E-state index is 13.0. The third-order valence-electron chi connectivity index (χ3n) is 8.21. The van der Waals surface area contributed by atoms with Gasteiger partial charge in [0.1, 0.15) is 12.2 Å². The first-order valence-corrected chi connectivity index (χ1v) is 12.6. The number of aromatic nitrogens is 1. The number of fused-ring (bicyclic) bond motifs is 2. The fraction of sp³-hybridized carbons (Fsp3) is 0.556. The average Bonchev–Trinajstić information content (AvgIpc) is 3.04. The Balaban J connectivity index is 1.28. The lowest BCUT2D eigenvalue weighted by atomic mass is 9.73. The van der Waals surface area contributed by atoms with E-state index >= 15 is 0 Å². The monoisotopic (exact) mass is 478 g/mol. The molecule has 3 fully saturated rings. The molecule has 2 atom stereocenters. The molecule has 0 saturated carbocycles. The first kappa shape index (κ1) is 24.3. The predicted molar refractivity (Wildman–Crippen MR) is 133 cm³/mol. The van der Waals surface area contributed by atoms with Gasteiger partial charge >= 0.3 is 13.2 Å². The molecule has 2 aromatic rings. The summed E-state index contributed by atoms with van der Waals surface area (Å²) in [6.07, 6.45) is 5.10. The van der Waals surface area contributed by atoms with E-state index in [-0.39, 0.29) is 24.8 Å². The van der Waals surface area contributed by atoms with Gasteiger partial charge < -0.3 is 24.1 Å². The maximum Gasteiger partial charge on any atom is 0.496 e. The van der Waals surface area contributed by atoms with E-state index in [9.17, 15) is 9.90 Å². The molecular weight excluding hydrogens is 443 g/mol. The van der Waals surface area contributed by atoms with Gasteiger partial charge in [-0.1, -0.05) is 36.4 Å². The maximum atomic E-state index is 13.0. The Labute approximate surface area is 207 Å². The number of pyridine rings is 1. The summed E-state index contributed by atoms with van der Waals surface area (Å²) in [4.78, 5) is 19.5. The molecule has 1 aromatic carbocycles. The van der Waals surface area contributed by atoms with E-state index < -0.39 is 23.9 Å². The van der Waals surface area contributed by atoms with Gasteiger partial charge in [0.25, 0.3) is 0 Å². The van der Waals surface area contributed by atoms with Crippen molar-refractivity contribution in [1.29, 1.82) is 0 Å². The smallest absolute Gasteiger partial charge is 0.445 e. The molecule has 1 N–H and O–H groups in total. The predicted octanol–water partition coefficient (Wildman–Crippen LogP) is 3.92. The van der Waals surface area contributed by atoms with Gasteiger partial charge in [-0.15, -0.1) is 0 Å². The zero-order valence-corrected chi connectivity index (χ0v) is 21.1. The summed E-state index contributed by atoms with van der Waals surface area (Å²) in [5, 5.41) is 11.7. The summed E-state index contributed by atoms with van der Waals surface area (Å²) in [5.41, 5.74) is 0.498. The molecule has 2 bridgehead atoms. The van der Waals surface area contributed by atoms with E-state index in [1.807, 2.05) is 75.1 Å². The Morgan fingerprint density at radius 2 is 1.69 bits per heavy atom. The van der Waals surface area contributed by atoms with Gasteiger partial charge in [0, 0.05) is 36.6 Å². The van der Waals surface area contributed by atoms with Crippen molar-refractivity contribution in [2.45, 2.75) is 95.3 Å². The third kappa shape index (κ3) is 4.59. The standard InChI is InChI=1S/C27H35BN2O5/c1-25(2)26(3,4)35-28(34-25)20-13-14-23(29-17-20)27(32)15-21-11-8-12-22(16-27)30(21)24(31)33-18-19-9-6-5-7-10-19/h5-7,9-10,13-14,17,21-22,32H,8,11-12,15-16,18H2,1-4H3. The number of piperidine rings is 2. The number of carbonyl (C=O) groups is 1. The second kappa shape index (κ2) is 8.91. The van der Waals surface area contributed by atoms with Crippen LogP contribution in [0.25, 0.3) is 0 Å². The van der Waals surface area contributed by atoms with Gasteiger partial charge in [-0.05, 0) is 58.6 Å². The quantitative estimate of drug-likeness (QED) is 0.671. The molecule has 2 unspecified atom stereocenters. The molecule has 3 aliphatic heterocycles. The highest BCUT2D eigenvalue weighted by atomic mass is 16.7. The minimum absolute atomic E-state index is 0.0691. The Morgan fingerprint density at radius 3 is 2.26 bits per heavy atom. The first-order valence-electron chi connectivity index (χ1n) is 12.6. The van der Waals surface area contributed by atoms with E-state index in [0.717, 1.165) is 30.3 Å². The van der Waals surface area contributed by atoms with Crippen molar-refractivity contribution in [3.8, 4) is 0 Å². The van der Waals surface area contributed by atoms with Crippen molar-refractivity contribution in [3.63, 3.8) is 0 Å². The van der Waals surface area contributed by atoms with E-state index in [4.69, 9.17) is 14.0 Å². The molecular formula is C27H35BN2O5. The topological polar surface area (TPSA) is 81.1 Å². The number of hydrogen-bond donors (Lipinski definition) is 1. The van der Waals surface area contributed by atoms with Crippen molar-refractivity contribution in [3.05, 3.63) is 59.9 Å². The molecule has 35 heavy (non-hydrogen) atoms. The fourth-order valence-electron chi connectivity index (χ4n) is 5.53. The second-order valence-electron chi connectivity index (χ2n) is 11.2. The van der Waals surface area contributed by atoms with Crippen LogP contribution >= 0.6 is 0 Å². The molecule has 7 nitrogen and oxygen atoms in total. The van der Waals surface area contributed by atoms with Crippen molar-refractivity contribution < 1.29 is 23.9 Å². The number of aliphatic hydroxyl groups is 1. The number of amides is 1. The summed E-state index contributed by atoms with van der Waals surface area (Å²) in [5.74, 6) is 0. The van der Waals surface area contributed by atoms with Gasteiger partial charge in [-0.25, -0.2) is 4.79 Å². The van der Waals surface area contributed by atoms with Gasteiger partial charge in [0.15, 0.2) is 0 Å². The van der Waals surface area contributed by atoms with E-state index in [2.05, 4.69) is 4.98 Å². The van der Waals surface area contributed by atoms with Crippen LogP contribution < -0.4 is 5.46 Å². The van der Waals surface area contributed by atoms with Gasteiger partial charge in [0.2, 0.25) is 0 Å². The highest BCUT2D eigenvalue weighted by Crippen LogP contribution is 2.44. The first-order chi connectivity index (χ1) is 16.6. The molecule has 5 rings (SSSR count). The summed E-state index contributed by atoms with van der Waals surface area (Å²) < 4.78 is 17.9. The van der Waals surface area contributed by atoms with E-state index in [1.54, 1.807) is 6.20 Å². The molecule has 0 radical (unpaired) electrons. The number of nitrogens with zero attached hydrogens (tertiary/aromatic N) is 2.